The average molecular weight is 768 g/mol. The monoisotopic (exact) mass is 767 g/mol. The number of thiophene rings is 1. The minimum atomic E-state index is -0.463. The molecular formula is C57H37NS. The molecule has 1 spiro atoms. The lowest BCUT2D eigenvalue weighted by molar-refractivity contribution is 0.802. The Bertz CT molecular complexity index is 3200. The van der Waals surface area contributed by atoms with Crippen molar-refractivity contribution in [3.05, 3.63) is 247 Å². The van der Waals surface area contributed by atoms with Crippen molar-refractivity contribution >= 4 is 38.5 Å². The fourth-order valence-corrected chi connectivity index (χ4v) is 11.3. The smallest absolute Gasteiger partial charge is 0.0740 e. The largest absolute Gasteiger partial charge is 0.310 e. The van der Waals surface area contributed by atoms with Gasteiger partial charge in [-0.3, -0.25) is 0 Å². The first kappa shape index (κ1) is 33.8. The van der Waals surface area contributed by atoms with Gasteiger partial charge in [0, 0.05) is 26.5 Å². The molecule has 9 aromatic carbocycles. The second-order valence-electron chi connectivity index (χ2n) is 15.6. The SMILES string of the molecule is c1ccc(-c2ccc(N(c3ccc4c(c3)C3(c5ccccc5-4)c4ccccc4-c4sc5ccccc5c43)c3ccc(-c4ccccc4)cc3-c3ccccc3)cc2)cc1. The maximum Gasteiger partial charge on any atom is 0.0740 e. The van der Waals surface area contributed by atoms with Gasteiger partial charge in [0.2, 0.25) is 0 Å². The molecule has 276 valence electrons. The molecule has 2 aliphatic rings. The third-order valence-electron chi connectivity index (χ3n) is 12.5. The second-order valence-corrected chi connectivity index (χ2v) is 16.6. The quantitative estimate of drug-likeness (QED) is 0.163. The molecule has 2 heteroatoms. The summed E-state index contributed by atoms with van der Waals surface area (Å²) in [7, 11) is 0. The number of hydrogen-bond donors (Lipinski definition) is 0. The third-order valence-corrected chi connectivity index (χ3v) is 13.7. The highest BCUT2D eigenvalue weighted by atomic mass is 32.1. The van der Waals surface area contributed by atoms with Crippen molar-refractivity contribution < 1.29 is 0 Å². The van der Waals surface area contributed by atoms with E-state index in [1.807, 2.05) is 11.3 Å². The molecule has 1 aromatic heterocycles. The van der Waals surface area contributed by atoms with E-state index in [4.69, 9.17) is 0 Å². The van der Waals surface area contributed by atoms with E-state index >= 15 is 0 Å². The van der Waals surface area contributed by atoms with E-state index in [0.717, 1.165) is 17.1 Å². The summed E-state index contributed by atoms with van der Waals surface area (Å²) in [5.74, 6) is 0. The zero-order chi connectivity index (χ0) is 38.9. The molecule has 1 heterocycles. The predicted octanol–water partition coefficient (Wildman–Crippen LogP) is 15.7. The molecule has 59 heavy (non-hydrogen) atoms. The summed E-state index contributed by atoms with van der Waals surface area (Å²) in [6.07, 6.45) is 0. The molecule has 0 radical (unpaired) electrons. The van der Waals surface area contributed by atoms with Gasteiger partial charge >= 0.3 is 0 Å². The van der Waals surface area contributed by atoms with Gasteiger partial charge in [0.1, 0.15) is 0 Å². The van der Waals surface area contributed by atoms with Gasteiger partial charge in [0.15, 0.2) is 0 Å². The highest BCUT2D eigenvalue weighted by Gasteiger charge is 2.53. The summed E-state index contributed by atoms with van der Waals surface area (Å²) < 4.78 is 1.33. The van der Waals surface area contributed by atoms with Gasteiger partial charge in [-0.1, -0.05) is 182 Å². The lowest BCUT2D eigenvalue weighted by Gasteiger charge is -2.33. The van der Waals surface area contributed by atoms with Crippen LogP contribution in [0, 0.1) is 0 Å². The van der Waals surface area contributed by atoms with Crippen LogP contribution in [-0.2, 0) is 5.41 Å². The van der Waals surface area contributed by atoms with Crippen molar-refractivity contribution in [2.45, 2.75) is 5.41 Å². The molecule has 1 nitrogen and oxygen atoms in total. The Labute approximate surface area is 348 Å². The van der Waals surface area contributed by atoms with E-state index in [2.05, 4.69) is 229 Å². The van der Waals surface area contributed by atoms with Crippen molar-refractivity contribution in [2.24, 2.45) is 0 Å². The molecule has 0 amide bonds. The van der Waals surface area contributed by atoms with Crippen LogP contribution >= 0.6 is 11.3 Å². The third kappa shape index (κ3) is 5.10. The van der Waals surface area contributed by atoms with Crippen LogP contribution in [0.1, 0.15) is 22.3 Å². The number of fused-ring (bicyclic) bond motifs is 12. The number of benzene rings is 9. The van der Waals surface area contributed by atoms with Gasteiger partial charge in [-0.2, -0.15) is 0 Å². The second kappa shape index (κ2) is 13.4. The van der Waals surface area contributed by atoms with Crippen LogP contribution in [-0.4, -0.2) is 0 Å². The molecule has 0 bridgehead atoms. The Balaban J connectivity index is 1.14. The van der Waals surface area contributed by atoms with E-state index in [9.17, 15) is 0 Å². The van der Waals surface area contributed by atoms with Crippen molar-refractivity contribution in [1.82, 2.24) is 0 Å². The van der Waals surface area contributed by atoms with Crippen LogP contribution in [0.3, 0.4) is 0 Å². The van der Waals surface area contributed by atoms with Crippen LogP contribution in [0.5, 0.6) is 0 Å². The van der Waals surface area contributed by atoms with Gasteiger partial charge in [0.05, 0.1) is 11.1 Å². The van der Waals surface area contributed by atoms with Crippen LogP contribution < -0.4 is 4.90 Å². The molecule has 2 aliphatic carbocycles. The number of nitrogens with zero attached hydrogens (tertiary/aromatic N) is 1. The highest BCUT2D eigenvalue weighted by molar-refractivity contribution is 7.22. The highest BCUT2D eigenvalue weighted by Crippen LogP contribution is 2.66. The summed E-state index contributed by atoms with van der Waals surface area (Å²) in [4.78, 5) is 3.86. The minimum absolute atomic E-state index is 0.463. The molecular weight excluding hydrogens is 731 g/mol. The molecule has 0 aliphatic heterocycles. The summed E-state index contributed by atoms with van der Waals surface area (Å²) >= 11 is 1.93. The van der Waals surface area contributed by atoms with Crippen molar-refractivity contribution in [3.63, 3.8) is 0 Å². The van der Waals surface area contributed by atoms with Crippen molar-refractivity contribution in [1.29, 1.82) is 0 Å². The number of anilines is 3. The first-order valence-corrected chi connectivity index (χ1v) is 21.2. The van der Waals surface area contributed by atoms with E-state index in [-0.39, 0.29) is 0 Å². The number of hydrogen-bond acceptors (Lipinski definition) is 2. The lowest BCUT2D eigenvalue weighted by Crippen LogP contribution is -2.26. The standard InChI is InChI=1S/C57H37NS/c1-4-16-38(17-5-1)40-28-31-43(32-29-40)58(53-35-30-42(39-18-6-2-7-19-39)36-49(53)41-20-8-3-9-21-41)44-33-34-46-45-22-10-13-25-50(45)57(52(46)37-44)51-26-14-11-23-47(51)56-55(57)48-24-12-15-27-54(48)59-56/h1-37H. The first-order chi connectivity index (χ1) is 29.3. The van der Waals surface area contributed by atoms with Crippen LogP contribution in [0.2, 0.25) is 0 Å². The van der Waals surface area contributed by atoms with E-state index in [1.54, 1.807) is 0 Å². The van der Waals surface area contributed by atoms with Crippen LogP contribution in [0.15, 0.2) is 224 Å². The molecule has 0 fully saturated rings. The minimum Gasteiger partial charge on any atom is -0.310 e. The molecule has 1 unspecified atom stereocenters. The van der Waals surface area contributed by atoms with E-state index in [0.29, 0.717) is 0 Å². The van der Waals surface area contributed by atoms with Crippen molar-refractivity contribution in [3.8, 4) is 54.9 Å². The Hall–Kier alpha value is -7.26. The molecule has 0 saturated carbocycles. The summed E-state index contributed by atoms with van der Waals surface area (Å²) in [5.41, 5.74) is 19.5. The van der Waals surface area contributed by atoms with Crippen LogP contribution in [0.4, 0.5) is 17.1 Å². The average Bonchev–Trinajstić information content (AvgIpc) is 3.94. The van der Waals surface area contributed by atoms with Gasteiger partial charge < -0.3 is 4.90 Å². The summed E-state index contributed by atoms with van der Waals surface area (Å²) in [6.45, 7) is 0. The van der Waals surface area contributed by atoms with E-state index < -0.39 is 5.41 Å². The maximum absolute atomic E-state index is 2.51. The Morgan fingerprint density at radius 1 is 0.339 bits per heavy atom. The summed E-state index contributed by atoms with van der Waals surface area (Å²) in [6, 6.07) is 82.8. The first-order valence-electron chi connectivity index (χ1n) is 20.3. The topological polar surface area (TPSA) is 3.24 Å². The van der Waals surface area contributed by atoms with Crippen LogP contribution in [0.25, 0.3) is 65.0 Å². The Morgan fingerprint density at radius 2 is 0.864 bits per heavy atom. The van der Waals surface area contributed by atoms with Gasteiger partial charge in [-0.15, -0.1) is 11.3 Å². The van der Waals surface area contributed by atoms with Gasteiger partial charge in [-0.05, 0) is 115 Å². The van der Waals surface area contributed by atoms with Gasteiger partial charge in [-0.25, -0.2) is 0 Å². The molecule has 12 rings (SSSR count). The van der Waals surface area contributed by atoms with Crippen molar-refractivity contribution in [2.75, 3.05) is 4.90 Å². The van der Waals surface area contributed by atoms with Gasteiger partial charge in [0.25, 0.3) is 0 Å². The Morgan fingerprint density at radius 3 is 1.59 bits per heavy atom. The number of rotatable bonds is 6. The predicted molar refractivity (Wildman–Crippen MR) is 249 cm³/mol. The molecule has 10 aromatic rings. The zero-order valence-corrected chi connectivity index (χ0v) is 33.0. The summed E-state index contributed by atoms with van der Waals surface area (Å²) in [5, 5.41) is 1.34. The molecule has 0 N–H and O–H groups in total. The molecule has 0 saturated heterocycles. The zero-order valence-electron chi connectivity index (χ0n) is 32.2. The molecule has 1 atom stereocenters. The lowest BCUT2D eigenvalue weighted by atomic mass is 9.70. The van der Waals surface area contributed by atoms with E-state index in [1.165, 1.54) is 87.3 Å². The fourth-order valence-electron chi connectivity index (χ4n) is 9.97. The Kier molecular flexibility index (Phi) is 7.69. The fraction of sp³-hybridized carbons (Fsp3) is 0.0175. The maximum atomic E-state index is 2.51. The normalized spacial score (nSPS) is 14.5.